The van der Waals surface area contributed by atoms with Crippen LogP contribution in [0.3, 0.4) is 0 Å². The van der Waals surface area contributed by atoms with Gasteiger partial charge in [-0.25, -0.2) is 4.79 Å². The third-order valence-corrected chi connectivity index (χ3v) is 7.37. The van der Waals surface area contributed by atoms with E-state index in [2.05, 4.69) is 80.4 Å². The zero-order chi connectivity index (χ0) is 20.1. The molecule has 2 atom stereocenters. The van der Waals surface area contributed by atoms with Gasteiger partial charge in [-0.2, -0.15) is 0 Å². The molecule has 3 saturated heterocycles. The molecule has 3 aromatic rings. The second-order valence-corrected chi connectivity index (χ2v) is 9.04. The molecule has 0 saturated carbocycles. The van der Waals surface area contributed by atoms with E-state index >= 15 is 0 Å². The Morgan fingerprint density at radius 2 is 1.83 bits per heavy atom. The van der Waals surface area contributed by atoms with Crippen LogP contribution in [0, 0.1) is 5.92 Å². The lowest BCUT2D eigenvalue weighted by Gasteiger charge is -2.46. The summed E-state index contributed by atoms with van der Waals surface area (Å²) in [5.74, 6) is 0.630. The van der Waals surface area contributed by atoms with Gasteiger partial charge in [-0.3, -0.25) is 0 Å². The van der Waals surface area contributed by atoms with Crippen LogP contribution >= 0.6 is 0 Å². The molecule has 1 aromatic carbocycles. The number of hydrogen-bond donors (Lipinski definition) is 1. The fourth-order valence-electron chi connectivity index (χ4n) is 5.73. The molecular formula is C25H28N4O. The number of benzene rings is 1. The summed E-state index contributed by atoms with van der Waals surface area (Å²) in [5, 5.41) is 3.42. The number of hydrogen-bond acceptors (Lipinski definition) is 2. The Bertz CT molecular complexity index is 1080. The second kappa shape index (κ2) is 7.17. The summed E-state index contributed by atoms with van der Waals surface area (Å²) in [6.45, 7) is 4.13. The van der Waals surface area contributed by atoms with Crippen molar-refractivity contribution in [1.82, 2.24) is 19.5 Å². The van der Waals surface area contributed by atoms with Crippen LogP contribution in [0.2, 0.25) is 0 Å². The first-order chi connectivity index (χ1) is 14.8. The van der Waals surface area contributed by atoms with E-state index in [1.54, 1.807) is 0 Å². The molecule has 5 heteroatoms. The molecule has 4 aliphatic rings. The van der Waals surface area contributed by atoms with E-state index in [1.807, 2.05) is 0 Å². The highest BCUT2D eigenvalue weighted by atomic mass is 16.2. The highest BCUT2D eigenvalue weighted by Crippen LogP contribution is 2.36. The van der Waals surface area contributed by atoms with Gasteiger partial charge in [0.15, 0.2) is 0 Å². The zero-order valence-corrected chi connectivity index (χ0v) is 17.2. The van der Waals surface area contributed by atoms with Crippen molar-refractivity contribution in [2.45, 2.75) is 31.3 Å². The highest BCUT2D eigenvalue weighted by Gasteiger charge is 2.38. The first kappa shape index (κ1) is 18.0. The van der Waals surface area contributed by atoms with Gasteiger partial charge >= 0.3 is 6.03 Å². The maximum atomic E-state index is 13.5. The maximum absolute atomic E-state index is 13.5. The first-order valence-electron chi connectivity index (χ1n) is 11.2. The largest absolute Gasteiger partial charge is 0.334 e. The van der Waals surface area contributed by atoms with Crippen LogP contribution in [0.4, 0.5) is 4.79 Å². The van der Waals surface area contributed by atoms with E-state index in [1.165, 1.54) is 42.6 Å². The highest BCUT2D eigenvalue weighted by molar-refractivity contribution is 5.76. The Morgan fingerprint density at radius 3 is 2.67 bits per heavy atom. The summed E-state index contributed by atoms with van der Waals surface area (Å²) in [4.78, 5) is 18.1. The molecule has 0 aliphatic carbocycles. The van der Waals surface area contributed by atoms with Crippen molar-refractivity contribution in [3.05, 3.63) is 77.6 Å². The standard InChI is InChI=1S/C25H28N4O/c30-25(26-23-17-27-13-9-19(23)10-14-27)29-15-11-18-4-1-2-6-22(18)24(29)20-7-8-21-5-3-12-28(21)16-20/h1-8,12,16,19,23-24H,9-11,13-15,17H2,(H,26,30)/t23-,24?/m1/s1. The molecule has 2 amide bonds. The van der Waals surface area contributed by atoms with Crippen LogP contribution in [-0.4, -0.2) is 52.5 Å². The quantitative estimate of drug-likeness (QED) is 0.713. The third kappa shape index (κ3) is 3.00. The van der Waals surface area contributed by atoms with E-state index in [4.69, 9.17) is 0 Å². The lowest BCUT2D eigenvalue weighted by Crippen LogP contribution is -2.59. The molecule has 6 heterocycles. The van der Waals surface area contributed by atoms with Gasteiger partial charge in [0, 0.05) is 37.0 Å². The van der Waals surface area contributed by atoms with Crippen molar-refractivity contribution >= 4 is 11.5 Å². The Labute approximate surface area is 177 Å². The summed E-state index contributed by atoms with van der Waals surface area (Å²) < 4.78 is 2.15. The van der Waals surface area contributed by atoms with Crippen molar-refractivity contribution in [3.8, 4) is 0 Å². The minimum absolute atomic E-state index is 0.0529. The number of nitrogens with one attached hydrogen (secondary N) is 1. The van der Waals surface area contributed by atoms with E-state index in [-0.39, 0.29) is 18.1 Å². The molecule has 3 fully saturated rings. The molecule has 4 aliphatic heterocycles. The molecule has 2 aromatic heterocycles. The molecule has 0 spiro atoms. The first-order valence-corrected chi connectivity index (χ1v) is 11.2. The van der Waals surface area contributed by atoms with Crippen molar-refractivity contribution in [3.63, 3.8) is 0 Å². The Hall–Kier alpha value is -2.79. The zero-order valence-electron chi connectivity index (χ0n) is 17.2. The number of pyridine rings is 1. The predicted molar refractivity (Wildman–Crippen MR) is 118 cm³/mol. The molecule has 7 rings (SSSR count). The molecule has 30 heavy (non-hydrogen) atoms. The van der Waals surface area contributed by atoms with Crippen LogP contribution in [0.5, 0.6) is 0 Å². The van der Waals surface area contributed by atoms with Crippen LogP contribution in [-0.2, 0) is 6.42 Å². The lowest BCUT2D eigenvalue weighted by atomic mass is 9.84. The SMILES string of the molecule is O=C(N[C@@H]1CN2CCC1CC2)N1CCc2ccccc2C1c1ccc2cccn2c1. The van der Waals surface area contributed by atoms with Crippen molar-refractivity contribution in [2.75, 3.05) is 26.2 Å². The Morgan fingerprint density at radius 1 is 0.967 bits per heavy atom. The van der Waals surface area contributed by atoms with E-state index in [0.29, 0.717) is 5.92 Å². The number of carbonyl (C=O) groups is 1. The van der Waals surface area contributed by atoms with Gasteiger partial charge < -0.3 is 19.5 Å². The maximum Gasteiger partial charge on any atom is 0.318 e. The number of amides is 2. The number of fused-ring (bicyclic) bond motifs is 5. The average molecular weight is 401 g/mol. The van der Waals surface area contributed by atoms with Crippen molar-refractivity contribution < 1.29 is 4.79 Å². The fraction of sp³-hybridized carbons (Fsp3) is 0.400. The number of carbonyl (C=O) groups excluding carboxylic acids is 1. The summed E-state index contributed by atoms with van der Waals surface area (Å²) in [5.41, 5.74) is 4.93. The predicted octanol–water partition coefficient (Wildman–Crippen LogP) is 3.69. The lowest BCUT2D eigenvalue weighted by molar-refractivity contribution is 0.0715. The molecule has 154 valence electrons. The molecule has 5 nitrogen and oxygen atoms in total. The molecule has 2 bridgehead atoms. The van der Waals surface area contributed by atoms with E-state index in [0.717, 1.165) is 25.1 Å². The number of rotatable bonds is 2. The minimum atomic E-state index is -0.0529. The summed E-state index contributed by atoms with van der Waals surface area (Å²) in [7, 11) is 0. The summed E-state index contributed by atoms with van der Waals surface area (Å²) in [6, 6.07) is 17.4. The monoisotopic (exact) mass is 400 g/mol. The van der Waals surface area contributed by atoms with Gasteiger partial charge in [-0.1, -0.05) is 30.3 Å². The van der Waals surface area contributed by atoms with Gasteiger partial charge in [0.1, 0.15) is 0 Å². The minimum Gasteiger partial charge on any atom is -0.334 e. The van der Waals surface area contributed by atoms with Crippen LogP contribution in [0.15, 0.2) is 60.9 Å². The number of urea groups is 1. The average Bonchev–Trinajstić information content (AvgIpc) is 3.27. The van der Waals surface area contributed by atoms with Crippen LogP contribution in [0.25, 0.3) is 5.52 Å². The Balaban J connectivity index is 1.34. The number of nitrogens with zero attached hydrogens (tertiary/aromatic N) is 3. The number of aromatic nitrogens is 1. The topological polar surface area (TPSA) is 40.0 Å². The van der Waals surface area contributed by atoms with Gasteiger partial charge in [-0.15, -0.1) is 0 Å². The van der Waals surface area contributed by atoms with Gasteiger partial charge in [0.05, 0.1) is 6.04 Å². The van der Waals surface area contributed by atoms with E-state index in [9.17, 15) is 4.79 Å². The fourth-order valence-corrected chi connectivity index (χ4v) is 5.73. The number of piperidine rings is 3. The van der Waals surface area contributed by atoms with Crippen LogP contribution < -0.4 is 5.32 Å². The summed E-state index contributed by atoms with van der Waals surface area (Å²) >= 11 is 0. The van der Waals surface area contributed by atoms with Gasteiger partial charge in [0.25, 0.3) is 0 Å². The summed E-state index contributed by atoms with van der Waals surface area (Å²) in [6.07, 6.45) is 7.58. The van der Waals surface area contributed by atoms with Gasteiger partial charge in [0.2, 0.25) is 0 Å². The molecular weight excluding hydrogens is 372 g/mol. The van der Waals surface area contributed by atoms with E-state index < -0.39 is 0 Å². The Kier molecular flexibility index (Phi) is 4.30. The van der Waals surface area contributed by atoms with Gasteiger partial charge in [-0.05, 0) is 73.2 Å². The van der Waals surface area contributed by atoms with Crippen LogP contribution in [0.1, 0.15) is 35.6 Å². The normalized spacial score (nSPS) is 27.8. The van der Waals surface area contributed by atoms with Crippen molar-refractivity contribution in [1.29, 1.82) is 0 Å². The third-order valence-electron chi connectivity index (χ3n) is 7.37. The second-order valence-electron chi connectivity index (χ2n) is 9.04. The molecule has 1 N–H and O–H groups in total. The molecule has 0 radical (unpaired) electrons. The smallest absolute Gasteiger partial charge is 0.318 e. The van der Waals surface area contributed by atoms with Crippen molar-refractivity contribution in [2.24, 2.45) is 5.92 Å². The molecule has 1 unspecified atom stereocenters.